The van der Waals surface area contributed by atoms with E-state index < -0.39 is 0 Å². The molecule has 124 valence electrons. The highest BCUT2D eigenvalue weighted by Gasteiger charge is 2.37. The molecule has 0 aromatic carbocycles. The van der Waals surface area contributed by atoms with Crippen LogP contribution in [0.5, 0.6) is 0 Å². The van der Waals surface area contributed by atoms with Crippen molar-refractivity contribution in [3.05, 3.63) is 24.2 Å². The third-order valence-corrected chi connectivity index (χ3v) is 4.17. The number of aromatic nitrogens is 3. The van der Waals surface area contributed by atoms with E-state index in [-0.39, 0.29) is 11.5 Å². The molecule has 1 N–H and O–H groups in total. The van der Waals surface area contributed by atoms with Crippen molar-refractivity contribution in [1.29, 1.82) is 0 Å². The van der Waals surface area contributed by atoms with E-state index in [4.69, 9.17) is 9.26 Å². The maximum absolute atomic E-state index is 5.94. The molecular weight excluding hydrogens is 292 g/mol. The predicted octanol–water partition coefficient (Wildman–Crippen LogP) is 3.30. The van der Waals surface area contributed by atoms with E-state index >= 15 is 0 Å². The fraction of sp³-hybridized carbons (Fsp3) is 0.588. The van der Waals surface area contributed by atoms with Crippen molar-refractivity contribution in [3.8, 4) is 11.5 Å². The van der Waals surface area contributed by atoms with Crippen molar-refractivity contribution >= 4 is 5.82 Å². The monoisotopic (exact) mass is 316 g/mol. The SMILES string of the molecule is Cc1noc(-c2cccnc2NC[C@@H]2CCO[C@H]2C(C)(C)C)n1. The maximum atomic E-state index is 5.94. The van der Waals surface area contributed by atoms with Crippen LogP contribution in [0, 0.1) is 18.3 Å². The zero-order valence-corrected chi connectivity index (χ0v) is 14.2. The Hall–Kier alpha value is -1.95. The number of rotatable bonds is 4. The molecule has 2 aromatic heterocycles. The van der Waals surface area contributed by atoms with Crippen LogP contribution in [0.2, 0.25) is 0 Å². The molecule has 2 atom stereocenters. The second-order valence-electron chi connectivity index (χ2n) is 7.13. The van der Waals surface area contributed by atoms with Gasteiger partial charge in [-0.3, -0.25) is 0 Å². The molecular formula is C17H24N4O2. The van der Waals surface area contributed by atoms with Gasteiger partial charge in [0.25, 0.3) is 5.89 Å². The Bertz CT molecular complexity index is 663. The summed E-state index contributed by atoms with van der Waals surface area (Å²) in [5, 5.41) is 7.30. The van der Waals surface area contributed by atoms with Gasteiger partial charge in [-0.15, -0.1) is 0 Å². The quantitative estimate of drug-likeness (QED) is 0.933. The summed E-state index contributed by atoms with van der Waals surface area (Å²) in [6.45, 7) is 10.1. The van der Waals surface area contributed by atoms with E-state index in [9.17, 15) is 0 Å². The summed E-state index contributed by atoms with van der Waals surface area (Å²) in [6.07, 6.45) is 3.09. The van der Waals surface area contributed by atoms with Crippen molar-refractivity contribution < 1.29 is 9.26 Å². The minimum absolute atomic E-state index is 0.138. The van der Waals surface area contributed by atoms with E-state index in [1.807, 2.05) is 12.1 Å². The van der Waals surface area contributed by atoms with Crippen LogP contribution < -0.4 is 5.32 Å². The van der Waals surface area contributed by atoms with Gasteiger partial charge in [0.1, 0.15) is 5.82 Å². The van der Waals surface area contributed by atoms with Crippen LogP contribution in [0.25, 0.3) is 11.5 Å². The molecule has 3 heterocycles. The third kappa shape index (κ3) is 3.52. The first-order valence-electron chi connectivity index (χ1n) is 8.06. The summed E-state index contributed by atoms with van der Waals surface area (Å²) >= 11 is 0. The summed E-state index contributed by atoms with van der Waals surface area (Å²) in [4.78, 5) is 8.73. The average Bonchev–Trinajstić information content (AvgIpc) is 3.13. The number of nitrogens with one attached hydrogen (secondary N) is 1. The lowest BCUT2D eigenvalue weighted by molar-refractivity contribution is 0.00956. The first-order valence-corrected chi connectivity index (χ1v) is 8.06. The molecule has 6 nitrogen and oxygen atoms in total. The lowest BCUT2D eigenvalue weighted by Gasteiger charge is -2.31. The van der Waals surface area contributed by atoms with Crippen LogP contribution in [0.3, 0.4) is 0 Å². The first-order chi connectivity index (χ1) is 10.9. The zero-order valence-electron chi connectivity index (χ0n) is 14.2. The van der Waals surface area contributed by atoms with Gasteiger partial charge < -0.3 is 14.6 Å². The molecule has 23 heavy (non-hydrogen) atoms. The second-order valence-corrected chi connectivity index (χ2v) is 7.13. The fourth-order valence-electron chi connectivity index (χ4n) is 3.15. The molecule has 0 aliphatic carbocycles. The predicted molar refractivity (Wildman–Crippen MR) is 88.1 cm³/mol. The van der Waals surface area contributed by atoms with E-state index in [2.05, 4.69) is 41.2 Å². The van der Waals surface area contributed by atoms with Crippen LogP contribution >= 0.6 is 0 Å². The fourth-order valence-corrected chi connectivity index (χ4v) is 3.15. The van der Waals surface area contributed by atoms with Gasteiger partial charge >= 0.3 is 0 Å². The molecule has 0 amide bonds. The van der Waals surface area contributed by atoms with E-state index in [0.29, 0.717) is 17.6 Å². The Labute approximate surface area is 136 Å². The normalized spacial score (nSPS) is 21.6. The van der Waals surface area contributed by atoms with Crippen molar-refractivity contribution in [3.63, 3.8) is 0 Å². The molecule has 6 heteroatoms. The van der Waals surface area contributed by atoms with Crippen LogP contribution in [-0.2, 0) is 4.74 Å². The van der Waals surface area contributed by atoms with Crippen LogP contribution in [0.4, 0.5) is 5.82 Å². The summed E-state index contributed by atoms with van der Waals surface area (Å²) in [5.74, 6) is 2.35. The topological polar surface area (TPSA) is 73.1 Å². The zero-order chi connectivity index (χ0) is 16.4. The summed E-state index contributed by atoms with van der Waals surface area (Å²) in [7, 11) is 0. The van der Waals surface area contributed by atoms with Crippen LogP contribution in [0.15, 0.2) is 22.9 Å². The van der Waals surface area contributed by atoms with Gasteiger partial charge in [-0.1, -0.05) is 25.9 Å². The van der Waals surface area contributed by atoms with Gasteiger partial charge in [-0.25, -0.2) is 4.98 Å². The van der Waals surface area contributed by atoms with Gasteiger partial charge in [0.05, 0.1) is 11.7 Å². The van der Waals surface area contributed by atoms with Crippen LogP contribution in [0.1, 0.15) is 33.0 Å². The van der Waals surface area contributed by atoms with E-state index in [1.54, 1.807) is 13.1 Å². The number of nitrogens with zero attached hydrogens (tertiary/aromatic N) is 3. The number of pyridine rings is 1. The Morgan fingerprint density at radius 3 is 2.87 bits per heavy atom. The second kappa shape index (κ2) is 6.28. The molecule has 0 saturated carbocycles. The first kappa shape index (κ1) is 15.9. The number of anilines is 1. The van der Waals surface area contributed by atoms with Crippen LogP contribution in [-0.4, -0.2) is 34.4 Å². The molecule has 1 aliphatic heterocycles. The Kier molecular flexibility index (Phi) is 4.35. The molecule has 2 aromatic rings. The number of hydrogen-bond acceptors (Lipinski definition) is 6. The van der Waals surface area contributed by atoms with E-state index in [1.165, 1.54) is 0 Å². The highest BCUT2D eigenvalue weighted by Crippen LogP contribution is 2.35. The van der Waals surface area contributed by atoms with Gasteiger partial charge in [0.15, 0.2) is 5.82 Å². The van der Waals surface area contributed by atoms with Gasteiger partial charge in [-0.05, 0) is 30.9 Å². The number of aryl methyl sites for hydroxylation is 1. The van der Waals surface area contributed by atoms with Crippen molar-refractivity contribution in [2.24, 2.45) is 11.3 Å². The highest BCUT2D eigenvalue weighted by molar-refractivity contribution is 5.68. The molecule has 0 radical (unpaired) electrons. The number of ether oxygens (including phenoxy) is 1. The standard InChI is InChI=1S/C17H24N4O2/c1-11-20-16(23-21-11)13-6-5-8-18-15(13)19-10-12-7-9-22-14(12)17(2,3)4/h5-6,8,12,14H,7,9-10H2,1-4H3,(H,18,19)/t12-,14+/m0/s1. The van der Waals surface area contributed by atoms with E-state index in [0.717, 1.165) is 31.0 Å². The third-order valence-electron chi connectivity index (χ3n) is 4.17. The molecule has 3 rings (SSSR count). The van der Waals surface area contributed by atoms with Gasteiger partial charge in [0, 0.05) is 25.3 Å². The number of hydrogen-bond donors (Lipinski definition) is 1. The summed E-state index contributed by atoms with van der Waals surface area (Å²) in [6, 6.07) is 3.81. The van der Waals surface area contributed by atoms with Crippen molar-refractivity contribution in [2.75, 3.05) is 18.5 Å². The smallest absolute Gasteiger partial charge is 0.261 e. The molecule has 1 aliphatic rings. The van der Waals surface area contributed by atoms with Crippen molar-refractivity contribution in [2.45, 2.75) is 40.2 Å². The minimum atomic E-state index is 0.138. The van der Waals surface area contributed by atoms with Gasteiger partial charge in [-0.2, -0.15) is 4.98 Å². The molecule has 0 spiro atoms. The Morgan fingerprint density at radius 1 is 1.35 bits per heavy atom. The van der Waals surface area contributed by atoms with Gasteiger partial charge in [0.2, 0.25) is 0 Å². The average molecular weight is 316 g/mol. The summed E-state index contributed by atoms with van der Waals surface area (Å²) in [5.41, 5.74) is 0.971. The Morgan fingerprint density at radius 2 is 2.17 bits per heavy atom. The highest BCUT2D eigenvalue weighted by atomic mass is 16.5. The largest absolute Gasteiger partial charge is 0.377 e. The molecule has 1 saturated heterocycles. The Balaban J connectivity index is 1.74. The van der Waals surface area contributed by atoms with Crippen molar-refractivity contribution in [1.82, 2.24) is 15.1 Å². The summed E-state index contributed by atoms with van der Waals surface area (Å²) < 4.78 is 11.2. The lowest BCUT2D eigenvalue weighted by atomic mass is 9.81. The minimum Gasteiger partial charge on any atom is -0.377 e. The molecule has 1 fully saturated rings. The maximum Gasteiger partial charge on any atom is 0.261 e. The molecule has 0 bridgehead atoms. The lowest BCUT2D eigenvalue weighted by Crippen LogP contribution is -2.34. The molecule has 0 unspecified atom stereocenters.